The fraction of sp³-hybridized carbons (Fsp3) is 0.818. The van der Waals surface area contributed by atoms with Crippen LogP contribution in [0.15, 0.2) is 0 Å². The highest BCUT2D eigenvalue weighted by molar-refractivity contribution is 5.66. The summed E-state index contributed by atoms with van der Waals surface area (Å²) >= 11 is 0. The molecule has 0 bridgehead atoms. The van der Waals surface area contributed by atoms with Gasteiger partial charge in [0.05, 0.1) is 6.61 Å². The molecule has 1 rings (SSSR count). The quantitative estimate of drug-likeness (QED) is 0.265. The Kier molecular flexibility index (Phi) is 29.5. The Hall–Kier alpha value is -1.88. The van der Waals surface area contributed by atoms with Gasteiger partial charge in [0, 0.05) is 40.0 Å². The summed E-state index contributed by atoms with van der Waals surface area (Å²) in [6.45, 7) is 8.18. The number of esters is 1. The van der Waals surface area contributed by atoms with Crippen molar-refractivity contribution < 1.29 is 38.1 Å². The molecule has 0 radical (unpaired) electrons. The van der Waals surface area contributed by atoms with Crippen molar-refractivity contribution in [2.24, 2.45) is 11.7 Å². The van der Waals surface area contributed by atoms with E-state index < -0.39 is 0 Å². The van der Waals surface area contributed by atoms with Gasteiger partial charge in [0.25, 0.3) is 0 Å². The molecule has 1 aliphatic rings. The number of methoxy groups -OCH3 is 1. The third-order valence-electron chi connectivity index (χ3n) is 3.97. The van der Waals surface area contributed by atoms with Gasteiger partial charge in [-0.2, -0.15) is 0 Å². The molecular weight excluding hydrogens is 420 g/mol. The lowest BCUT2D eigenvalue weighted by Gasteiger charge is -2.39. The summed E-state index contributed by atoms with van der Waals surface area (Å²) in [7, 11) is 3.17. The maximum Gasteiger partial charge on any atom is 0.303 e. The van der Waals surface area contributed by atoms with Crippen molar-refractivity contribution in [1.82, 2.24) is 5.32 Å². The summed E-state index contributed by atoms with van der Waals surface area (Å²) in [5, 5.41) is 2.25. The van der Waals surface area contributed by atoms with E-state index in [1.165, 1.54) is 20.8 Å². The first-order valence-electron chi connectivity index (χ1n) is 10.9. The third kappa shape index (κ3) is 22.8. The maximum atomic E-state index is 11.2. The topological polar surface area (TPSA) is 143 Å². The van der Waals surface area contributed by atoms with Crippen LogP contribution in [0.3, 0.4) is 0 Å². The van der Waals surface area contributed by atoms with Crippen molar-refractivity contribution in [3.05, 3.63) is 0 Å². The van der Waals surface area contributed by atoms with Crippen LogP contribution in [-0.4, -0.2) is 77.4 Å². The predicted octanol–water partition coefficient (Wildman–Crippen LogP) is 1.62. The molecule has 1 fully saturated rings. The zero-order valence-corrected chi connectivity index (χ0v) is 20.5. The Morgan fingerprint density at radius 3 is 2.09 bits per heavy atom. The number of unbranched alkanes of at least 4 members (excludes halogenated alkanes) is 3. The van der Waals surface area contributed by atoms with Crippen LogP contribution in [0.4, 0.5) is 0 Å². The maximum absolute atomic E-state index is 11.2. The van der Waals surface area contributed by atoms with E-state index >= 15 is 0 Å². The lowest BCUT2D eigenvalue weighted by molar-refractivity contribution is -0.251. The second-order valence-corrected chi connectivity index (χ2v) is 6.80. The van der Waals surface area contributed by atoms with Crippen molar-refractivity contribution in [3.8, 4) is 0 Å². The van der Waals surface area contributed by atoms with E-state index in [2.05, 4.69) is 12.2 Å². The second-order valence-electron chi connectivity index (χ2n) is 6.80. The highest BCUT2D eigenvalue weighted by Crippen LogP contribution is 2.28. The van der Waals surface area contributed by atoms with Crippen molar-refractivity contribution in [1.29, 1.82) is 0 Å². The molecule has 4 atom stereocenters. The van der Waals surface area contributed by atoms with Crippen molar-refractivity contribution in [3.63, 3.8) is 0 Å². The second kappa shape index (κ2) is 27.2. The predicted molar refractivity (Wildman–Crippen MR) is 122 cm³/mol. The molecule has 10 nitrogen and oxygen atoms in total. The van der Waals surface area contributed by atoms with Gasteiger partial charge in [0.2, 0.25) is 6.41 Å². The average Bonchev–Trinajstić information content (AvgIpc) is 2.74. The fourth-order valence-corrected chi connectivity index (χ4v) is 2.74. The molecule has 0 spiro atoms. The minimum Gasteiger partial charge on any atom is -0.459 e. The summed E-state index contributed by atoms with van der Waals surface area (Å²) in [4.78, 5) is 37.9. The van der Waals surface area contributed by atoms with Gasteiger partial charge in [0.15, 0.2) is 6.29 Å². The molecule has 1 heterocycles. The summed E-state index contributed by atoms with van der Waals surface area (Å²) in [6, 6.07) is 0. The van der Waals surface area contributed by atoms with E-state index in [-0.39, 0.29) is 30.4 Å². The van der Waals surface area contributed by atoms with E-state index in [0.717, 1.165) is 51.2 Å². The number of aldehydes is 2. The van der Waals surface area contributed by atoms with Gasteiger partial charge in [-0.25, -0.2) is 0 Å². The smallest absolute Gasteiger partial charge is 0.303 e. The Morgan fingerprint density at radius 2 is 1.66 bits per heavy atom. The minimum absolute atomic E-state index is 0.181. The van der Waals surface area contributed by atoms with Gasteiger partial charge < -0.3 is 39.6 Å². The molecular formula is C22H44N2O8. The summed E-state index contributed by atoms with van der Waals surface area (Å²) < 4.78 is 22.3. The van der Waals surface area contributed by atoms with E-state index in [9.17, 15) is 4.79 Å². The van der Waals surface area contributed by atoms with Crippen LogP contribution in [0.25, 0.3) is 0 Å². The molecule has 3 N–H and O–H groups in total. The van der Waals surface area contributed by atoms with Crippen LogP contribution in [0.1, 0.15) is 59.8 Å². The van der Waals surface area contributed by atoms with Crippen LogP contribution < -0.4 is 11.1 Å². The normalized spacial score (nSPS) is 21.1. The van der Waals surface area contributed by atoms with Gasteiger partial charge in [-0.15, -0.1) is 0 Å². The Morgan fingerprint density at radius 1 is 1.12 bits per heavy atom. The fourth-order valence-electron chi connectivity index (χ4n) is 2.74. The number of carbonyl (C=O) groups is 4. The van der Waals surface area contributed by atoms with Crippen LogP contribution in [0, 0.1) is 5.92 Å². The van der Waals surface area contributed by atoms with Gasteiger partial charge in [-0.3, -0.25) is 9.59 Å². The Bertz CT molecular complexity index is 446. The highest BCUT2D eigenvalue weighted by Gasteiger charge is 2.39. The number of hydrogen-bond donors (Lipinski definition) is 2. The van der Waals surface area contributed by atoms with Crippen molar-refractivity contribution in [2.45, 2.75) is 78.3 Å². The van der Waals surface area contributed by atoms with Crippen LogP contribution in [-0.2, 0) is 38.1 Å². The lowest BCUT2D eigenvalue weighted by atomic mass is 9.93. The zero-order chi connectivity index (χ0) is 25.2. The number of hydrogen-bond acceptors (Lipinski definition) is 9. The zero-order valence-electron chi connectivity index (χ0n) is 20.5. The van der Waals surface area contributed by atoms with E-state index in [1.807, 2.05) is 0 Å². The molecule has 0 aliphatic carbocycles. The molecule has 0 aromatic heterocycles. The average molecular weight is 465 g/mol. The first-order chi connectivity index (χ1) is 15.3. The van der Waals surface area contributed by atoms with E-state index in [0.29, 0.717) is 19.6 Å². The number of nitrogens with two attached hydrogens (primary N) is 1. The van der Waals surface area contributed by atoms with Gasteiger partial charge in [-0.1, -0.05) is 19.8 Å². The standard InChI is InChI=1S/C16H31NO5.C2H5NO.2C2H4O/c1-12-10-15(20-9-7-5-4-6-8-17)22-14(11-19-3)16(12)21-13(2)18;1-3-2-4;2*1-2-3/h12,14-16H,4-11,17H2,1-3H3;2H,1H3,(H,3,4);2*2H,1H3. The minimum atomic E-state index is -0.291. The Labute approximate surface area is 192 Å². The number of ether oxygens (including phenoxy) is 4. The number of nitrogens with one attached hydrogen (secondary N) is 1. The molecule has 1 aliphatic heterocycles. The molecule has 0 aromatic carbocycles. The van der Waals surface area contributed by atoms with Crippen molar-refractivity contribution in [2.75, 3.05) is 33.9 Å². The van der Waals surface area contributed by atoms with Crippen LogP contribution in [0.5, 0.6) is 0 Å². The first kappa shape index (κ1) is 34.7. The molecule has 0 saturated carbocycles. The molecule has 4 unspecified atom stereocenters. The molecule has 10 heteroatoms. The molecule has 0 aromatic rings. The largest absolute Gasteiger partial charge is 0.459 e. The lowest BCUT2D eigenvalue weighted by Crippen LogP contribution is -2.49. The third-order valence-corrected chi connectivity index (χ3v) is 3.97. The number of carbonyl (C=O) groups excluding carboxylic acids is 4. The van der Waals surface area contributed by atoms with Gasteiger partial charge in [-0.05, 0) is 33.2 Å². The van der Waals surface area contributed by atoms with Crippen molar-refractivity contribution >= 4 is 25.0 Å². The first-order valence-corrected chi connectivity index (χ1v) is 10.9. The SMILES string of the molecule is CC=O.CC=O.CNC=O.COCC1OC(OCCCCCCN)CC(C)C1OC(C)=O. The summed E-state index contributed by atoms with van der Waals surface area (Å²) in [5.41, 5.74) is 5.47. The van der Waals surface area contributed by atoms with Crippen LogP contribution >= 0.6 is 0 Å². The number of rotatable bonds is 11. The molecule has 1 amide bonds. The number of amides is 1. The van der Waals surface area contributed by atoms with Crippen LogP contribution in [0.2, 0.25) is 0 Å². The molecule has 1 saturated heterocycles. The monoisotopic (exact) mass is 464 g/mol. The molecule has 190 valence electrons. The summed E-state index contributed by atoms with van der Waals surface area (Å²) in [5.74, 6) is -0.110. The van der Waals surface area contributed by atoms with Gasteiger partial charge >= 0.3 is 5.97 Å². The Balaban J connectivity index is -0.000000709. The highest BCUT2D eigenvalue weighted by atomic mass is 16.7. The van der Waals surface area contributed by atoms with E-state index in [1.54, 1.807) is 14.2 Å². The molecule has 32 heavy (non-hydrogen) atoms. The van der Waals surface area contributed by atoms with E-state index in [4.69, 9.17) is 39.1 Å². The summed E-state index contributed by atoms with van der Waals surface area (Å²) in [6.07, 6.45) is 6.38. The van der Waals surface area contributed by atoms with Gasteiger partial charge in [0.1, 0.15) is 24.8 Å².